The number of halogens is 2. The molecule has 0 unspecified atom stereocenters. The molecule has 0 radical (unpaired) electrons. The third-order valence-electron chi connectivity index (χ3n) is 1.60. The molecule has 0 fully saturated rings. The van der Waals surface area contributed by atoms with Crippen molar-refractivity contribution in [2.75, 3.05) is 0 Å². The summed E-state index contributed by atoms with van der Waals surface area (Å²) in [5.74, 6) is 0. The standard InChI is InChI=1S/C8H2ClIN2O3/c9-8(13)4-1-5(3-11)7(10)6(2-4)12(14)15/h1-2H. The molecular formula is C8H2ClIN2O3. The largest absolute Gasteiger partial charge is 0.284 e. The van der Waals surface area contributed by atoms with Gasteiger partial charge in [0.05, 0.1) is 10.5 Å². The first-order valence-electron chi connectivity index (χ1n) is 3.55. The van der Waals surface area contributed by atoms with Crippen molar-refractivity contribution in [2.45, 2.75) is 0 Å². The maximum atomic E-state index is 10.8. The molecule has 0 amide bonds. The van der Waals surface area contributed by atoms with Gasteiger partial charge in [-0.05, 0) is 40.3 Å². The predicted octanol–water partition coefficient (Wildman–Crippen LogP) is 2.45. The van der Waals surface area contributed by atoms with Crippen LogP contribution in [0.25, 0.3) is 0 Å². The molecule has 0 atom stereocenters. The number of carbonyl (C=O) groups excluding carboxylic acids is 1. The summed E-state index contributed by atoms with van der Waals surface area (Å²) in [6, 6.07) is 4.04. The van der Waals surface area contributed by atoms with Crippen LogP contribution in [0.1, 0.15) is 15.9 Å². The van der Waals surface area contributed by atoms with Crippen molar-refractivity contribution in [1.29, 1.82) is 5.26 Å². The minimum atomic E-state index is -0.828. The molecule has 0 N–H and O–H groups in total. The second kappa shape index (κ2) is 4.55. The third-order valence-corrected chi connectivity index (χ3v) is 2.95. The summed E-state index contributed by atoms with van der Waals surface area (Å²) >= 11 is 6.87. The van der Waals surface area contributed by atoms with Gasteiger partial charge in [0.15, 0.2) is 0 Å². The molecule has 7 heteroatoms. The average molecular weight is 336 g/mol. The Bertz CT molecular complexity index is 495. The van der Waals surface area contributed by atoms with Crippen molar-refractivity contribution in [3.05, 3.63) is 36.9 Å². The van der Waals surface area contributed by atoms with E-state index in [-0.39, 0.29) is 20.4 Å². The van der Waals surface area contributed by atoms with E-state index in [0.29, 0.717) is 0 Å². The highest BCUT2D eigenvalue weighted by molar-refractivity contribution is 14.1. The SMILES string of the molecule is N#Cc1cc(C(=O)Cl)cc([N+](=O)[O-])c1I. The Hall–Kier alpha value is -1.20. The number of hydrogen-bond acceptors (Lipinski definition) is 4. The van der Waals surface area contributed by atoms with E-state index in [4.69, 9.17) is 16.9 Å². The lowest BCUT2D eigenvalue weighted by atomic mass is 10.1. The van der Waals surface area contributed by atoms with Gasteiger partial charge in [0, 0.05) is 11.6 Å². The Morgan fingerprint density at radius 3 is 2.60 bits per heavy atom. The zero-order valence-corrected chi connectivity index (χ0v) is 9.94. The first-order chi connectivity index (χ1) is 6.97. The topological polar surface area (TPSA) is 84.0 Å². The van der Waals surface area contributed by atoms with E-state index in [9.17, 15) is 14.9 Å². The predicted molar refractivity (Wildman–Crippen MR) is 60.7 cm³/mol. The molecule has 0 aromatic heterocycles. The third kappa shape index (κ3) is 2.43. The van der Waals surface area contributed by atoms with Crippen molar-refractivity contribution < 1.29 is 9.72 Å². The first-order valence-corrected chi connectivity index (χ1v) is 5.01. The Kier molecular flexibility index (Phi) is 3.60. The lowest BCUT2D eigenvalue weighted by Crippen LogP contribution is -1.99. The van der Waals surface area contributed by atoms with Crippen LogP contribution in [-0.2, 0) is 0 Å². The molecule has 0 aliphatic rings. The quantitative estimate of drug-likeness (QED) is 0.359. The summed E-state index contributed by atoms with van der Waals surface area (Å²) in [5, 5.41) is 18.5. The maximum absolute atomic E-state index is 10.8. The molecule has 0 saturated heterocycles. The molecule has 0 spiro atoms. The maximum Gasteiger partial charge on any atom is 0.284 e. The van der Waals surface area contributed by atoms with E-state index in [1.807, 2.05) is 0 Å². The lowest BCUT2D eigenvalue weighted by molar-refractivity contribution is -0.385. The van der Waals surface area contributed by atoms with Gasteiger partial charge in [0.25, 0.3) is 10.9 Å². The molecule has 15 heavy (non-hydrogen) atoms. The van der Waals surface area contributed by atoms with Crippen molar-refractivity contribution in [2.24, 2.45) is 0 Å². The Morgan fingerprint density at radius 1 is 1.60 bits per heavy atom. The highest BCUT2D eigenvalue weighted by Crippen LogP contribution is 2.26. The van der Waals surface area contributed by atoms with Crippen LogP contribution in [0.3, 0.4) is 0 Å². The number of nitro groups is 1. The molecule has 0 bridgehead atoms. The number of nitriles is 1. The van der Waals surface area contributed by atoms with E-state index < -0.39 is 10.2 Å². The van der Waals surface area contributed by atoms with Crippen LogP contribution in [0.2, 0.25) is 0 Å². The van der Waals surface area contributed by atoms with E-state index in [1.54, 1.807) is 28.7 Å². The number of nitrogens with zero attached hydrogens (tertiary/aromatic N) is 2. The first kappa shape index (κ1) is 11.9. The van der Waals surface area contributed by atoms with Crippen molar-refractivity contribution >= 4 is 45.1 Å². The van der Waals surface area contributed by atoms with Gasteiger partial charge >= 0.3 is 0 Å². The summed E-state index contributed by atoms with van der Waals surface area (Å²) in [7, 11) is 0. The molecule has 1 aromatic carbocycles. The van der Waals surface area contributed by atoms with Crippen LogP contribution < -0.4 is 0 Å². The second-order valence-corrected chi connectivity index (χ2v) is 3.92. The van der Waals surface area contributed by atoms with Gasteiger partial charge in [-0.15, -0.1) is 0 Å². The van der Waals surface area contributed by atoms with Crippen LogP contribution >= 0.6 is 34.2 Å². The average Bonchev–Trinajstić information content (AvgIpc) is 2.17. The summed E-state index contributed by atoms with van der Waals surface area (Å²) in [6.07, 6.45) is 0. The lowest BCUT2D eigenvalue weighted by Gasteiger charge is -2.00. The molecule has 1 rings (SSSR count). The summed E-state index contributed by atoms with van der Waals surface area (Å²) in [5.41, 5.74) is -0.284. The fraction of sp³-hybridized carbons (Fsp3) is 0. The zero-order valence-electron chi connectivity index (χ0n) is 7.03. The van der Waals surface area contributed by atoms with Crippen LogP contribution in [-0.4, -0.2) is 10.2 Å². The normalized spacial score (nSPS) is 9.40. The number of nitro benzene ring substituents is 1. The molecule has 0 aliphatic heterocycles. The number of hydrogen-bond donors (Lipinski definition) is 0. The van der Waals surface area contributed by atoms with Crippen LogP contribution in [0.4, 0.5) is 5.69 Å². The Labute approximate surface area is 103 Å². The van der Waals surface area contributed by atoms with Gasteiger partial charge in [-0.25, -0.2) is 0 Å². The summed E-state index contributed by atoms with van der Waals surface area (Å²) < 4.78 is 0.196. The number of rotatable bonds is 2. The second-order valence-electron chi connectivity index (χ2n) is 2.50. The van der Waals surface area contributed by atoms with Gasteiger partial charge in [0.1, 0.15) is 9.64 Å². The summed E-state index contributed by atoms with van der Waals surface area (Å²) in [6.45, 7) is 0. The van der Waals surface area contributed by atoms with Crippen LogP contribution in [0.15, 0.2) is 12.1 Å². The van der Waals surface area contributed by atoms with Gasteiger partial charge in [0.2, 0.25) is 0 Å². The van der Waals surface area contributed by atoms with Gasteiger partial charge in [-0.2, -0.15) is 5.26 Å². The Balaban J connectivity index is 3.54. The molecule has 5 nitrogen and oxygen atoms in total. The van der Waals surface area contributed by atoms with Gasteiger partial charge < -0.3 is 0 Å². The smallest absolute Gasteiger partial charge is 0.276 e. The van der Waals surface area contributed by atoms with E-state index >= 15 is 0 Å². The summed E-state index contributed by atoms with van der Waals surface area (Å²) in [4.78, 5) is 20.8. The highest BCUT2D eigenvalue weighted by Gasteiger charge is 2.19. The zero-order chi connectivity index (χ0) is 11.6. The van der Waals surface area contributed by atoms with E-state index in [2.05, 4.69) is 0 Å². The molecular weight excluding hydrogens is 334 g/mol. The van der Waals surface area contributed by atoms with Crippen LogP contribution in [0, 0.1) is 25.0 Å². The fourth-order valence-electron chi connectivity index (χ4n) is 0.937. The van der Waals surface area contributed by atoms with Gasteiger partial charge in [-0.3, -0.25) is 14.9 Å². The van der Waals surface area contributed by atoms with E-state index in [1.165, 1.54) is 6.07 Å². The minimum absolute atomic E-state index is 0.0552. The number of carbonyl (C=O) groups is 1. The molecule has 76 valence electrons. The minimum Gasteiger partial charge on any atom is -0.276 e. The molecule has 0 aliphatic carbocycles. The monoisotopic (exact) mass is 336 g/mol. The molecule has 0 saturated carbocycles. The Morgan fingerprint density at radius 2 is 2.20 bits per heavy atom. The fourth-order valence-corrected chi connectivity index (χ4v) is 1.67. The van der Waals surface area contributed by atoms with Crippen molar-refractivity contribution in [3.8, 4) is 6.07 Å². The van der Waals surface area contributed by atoms with Gasteiger partial charge in [-0.1, -0.05) is 0 Å². The molecule has 0 heterocycles. The van der Waals surface area contributed by atoms with Crippen molar-refractivity contribution in [3.63, 3.8) is 0 Å². The number of benzene rings is 1. The van der Waals surface area contributed by atoms with E-state index in [0.717, 1.165) is 6.07 Å². The molecule has 1 aromatic rings. The van der Waals surface area contributed by atoms with Crippen LogP contribution in [0.5, 0.6) is 0 Å². The van der Waals surface area contributed by atoms with Crippen molar-refractivity contribution in [1.82, 2.24) is 0 Å². The highest BCUT2D eigenvalue weighted by atomic mass is 127.